The maximum Gasteiger partial charge on any atom is 0.224 e. The Labute approximate surface area is 111 Å². The number of hydrogen-bond acceptors (Lipinski definition) is 5. The number of rotatable bonds is 3. The Morgan fingerprint density at radius 2 is 1.94 bits per heavy atom. The second kappa shape index (κ2) is 5.27. The van der Waals surface area contributed by atoms with E-state index in [4.69, 9.17) is 10.5 Å². The summed E-state index contributed by atoms with van der Waals surface area (Å²) in [6.07, 6.45) is 0. The average Bonchev–Trinajstić information content (AvgIpc) is 2.33. The van der Waals surface area contributed by atoms with Crippen LogP contribution in [0.5, 0.6) is 5.88 Å². The average molecular weight is 261 g/mol. The third kappa shape index (κ3) is 2.92. The third-order valence-corrected chi connectivity index (χ3v) is 3.54. The summed E-state index contributed by atoms with van der Waals surface area (Å²) in [5.74, 6) is 0.706. The van der Waals surface area contributed by atoms with Crippen molar-refractivity contribution in [1.29, 1.82) is 0 Å². The van der Waals surface area contributed by atoms with Gasteiger partial charge in [0.05, 0.1) is 7.11 Å². The van der Waals surface area contributed by atoms with E-state index in [1.54, 1.807) is 24.9 Å². The van der Waals surface area contributed by atoms with E-state index in [2.05, 4.69) is 42.0 Å². The first-order valence-corrected chi connectivity index (χ1v) is 6.34. The molecule has 94 valence electrons. The van der Waals surface area contributed by atoms with Crippen LogP contribution >= 0.6 is 11.8 Å². The van der Waals surface area contributed by atoms with Crippen molar-refractivity contribution in [3.63, 3.8) is 0 Å². The van der Waals surface area contributed by atoms with Crippen LogP contribution in [0.15, 0.2) is 34.2 Å². The van der Waals surface area contributed by atoms with Crippen molar-refractivity contribution < 1.29 is 4.74 Å². The Kier molecular flexibility index (Phi) is 3.72. The zero-order valence-corrected chi connectivity index (χ0v) is 11.4. The minimum atomic E-state index is 0.224. The third-order valence-electron chi connectivity index (χ3n) is 2.46. The van der Waals surface area contributed by atoms with Crippen LogP contribution in [0.1, 0.15) is 11.1 Å². The molecule has 0 radical (unpaired) electrons. The van der Waals surface area contributed by atoms with E-state index in [0.717, 1.165) is 9.92 Å². The van der Waals surface area contributed by atoms with Crippen molar-refractivity contribution >= 4 is 17.7 Å². The number of benzene rings is 1. The Bertz CT molecular complexity index is 572. The molecule has 0 aliphatic carbocycles. The van der Waals surface area contributed by atoms with E-state index in [9.17, 15) is 0 Å². The summed E-state index contributed by atoms with van der Waals surface area (Å²) < 4.78 is 5.08. The maximum atomic E-state index is 5.64. The quantitative estimate of drug-likeness (QED) is 0.861. The van der Waals surface area contributed by atoms with Gasteiger partial charge in [0.1, 0.15) is 5.03 Å². The van der Waals surface area contributed by atoms with E-state index < -0.39 is 0 Å². The summed E-state index contributed by atoms with van der Waals surface area (Å²) in [5, 5.41) is 0.785. The van der Waals surface area contributed by atoms with Crippen LogP contribution in [-0.2, 0) is 0 Å². The fraction of sp³-hybridized carbons (Fsp3) is 0.231. The molecule has 0 amide bonds. The highest BCUT2D eigenvalue weighted by Gasteiger charge is 2.06. The first-order valence-electron chi connectivity index (χ1n) is 5.52. The van der Waals surface area contributed by atoms with Gasteiger partial charge in [0.25, 0.3) is 0 Å². The molecule has 18 heavy (non-hydrogen) atoms. The lowest BCUT2D eigenvalue weighted by Gasteiger charge is -2.07. The zero-order valence-electron chi connectivity index (χ0n) is 10.6. The fourth-order valence-electron chi connectivity index (χ4n) is 1.51. The molecule has 0 saturated carbocycles. The van der Waals surface area contributed by atoms with Gasteiger partial charge in [0.2, 0.25) is 11.8 Å². The van der Waals surface area contributed by atoms with Crippen molar-refractivity contribution in [3.05, 3.63) is 35.4 Å². The monoisotopic (exact) mass is 261 g/mol. The number of nitrogen functional groups attached to an aromatic ring is 1. The number of nitrogens with zero attached hydrogens (tertiary/aromatic N) is 2. The van der Waals surface area contributed by atoms with Crippen LogP contribution in [0.2, 0.25) is 0 Å². The molecule has 0 unspecified atom stereocenters. The zero-order chi connectivity index (χ0) is 13.1. The summed E-state index contributed by atoms with van der Waals surface area (Å²) in [5.41, 5.74) is 8.07. The molecule has 1 aromatic carbocycles. The number of anilines is 1. The molecule has 2 aromatic rings. The largest absolute Gasteiger partial charge is 0.481 e. The Hall–Kier alpha value is -1.75. The summed E-state index contributed by atoms with van der Waals surface area (Å²) in [4.78, 5) is 9.32. The second-order valence-corrected chi connectivity index (χ2v) is 5.04. The van der Waals surface area contributed by atoms with Gasteiger partial charge in [0.15, 0.2) is 0 Å². The van der Waals surface area contributed by atoms with Gasteiger partial charge in [-0.2, -0.15) is 4.98 Å². The number of ether oxygens (including phenoxy) is 1. The molecule has 1 aromatic heterocycles. The van der Waals surface area contributed by atoms with E-state index in [0.29, 0.717) is 5.88 Å². The summed E-state index contributed by atoms with van der Waals surface area (Å²) >= 11 is 1.56. The van der Waals surface area contributed by atoms with Gasteiger partial charge in [-0.1, -0.05) is 23.9 Å². The van der Waals surface area contributed by atoms with E-state index in [1.165, 1.54) is 11.1 Å². The molecule has 0 aliphatic heterocycles. The Balaban J connectivity index is 2.33. The van der Waals surface area contributed by atoms with Crippen molar-refractivity contribution in [3.8, 4) is 5.88 Å². The molecule has 0 fully saturated rings. The highest BCUT2D eigenvalue weighted by atomic mass is 32.2. The highest BCUT2D eigenvalue weighted by molar-refractivity contribution is 7.99. The van der Waals surface area contributed by atoms with E-state index in [1.807, 2.05) is 0 Å². The van der Waals surface area contributed by atoms with Gasteiger partial charge in [-0.05, 0) is 31.0 Å². The molecule has 0 spiro atoms. The number of nitrogens with two attached hydrogens (primary N) is 1. The van der Waals surface area contributed by atoms with E-state index in [-0.39, 0.29) is 5.95 Å². The Morgan fingerprint density at radius 3 is 2.67 bits per heavy atom. The lowest BCUT2D eigenvalue weighted by molar-refractivity contribution is 0.396. The molecule has 0 aliphatic rings. The predicted octanol–water partition coefficient (Wildman–Crippen LogP) is 2.84. The molecule has 2 N–H and O–H groups in total. The van der Waals surface area contributed by atoms with Gasteiger partial charge >= 0.3 is 0 Å². The molecule has 0 atom stereocenters. The van der Waals surface area contributed by atoms with Crippen molar-refractivity contribution in [2.75, 3.05) is 12.8 Å². The van der Waals surface area contributed by atoms with Crippen molar-refractivity contribution in [1.82, 2.24) is 9.97 Å². The minimum absolute atomic E-state index is 0.224. The second-order valence-electron chi connectivity index (χ2n) is 3.98. The van der Waals surface area contributed by atoms with Crippen LogP contribution in [0.3, 0.4) is 0 Å². The van der Waals surface area contributed by atoms with Gasteiger partial charge in [-0.25, -0.2) is 4.98 Å². The van der Waals surface area contributed by atoms with Gasteiger partial charge in [-0.3, -0.25) is 0 Å². The first-order chi connectivity index (χ1) is 8.58. The molecule has 0 bridgehead atoms. The van der Waals surface area contributed by atoms with Crippen molar-refractivity contribution in [2.24, 2.45) is 0 Å². The standard InChI is InChI=1S/C13H15N3OS/c1-8-4-5-9(2)10(6-8)18-12-7-11(17-3)15-13(14)16-12/h4-7H,1-3H3,(H2,14,15,16). The number of aromatic nitrogens is 2. The van der Waals surface area contributed by atoms with Crippen molar-refractivity contribution in [2.45, 2.75) is 23.8 Å². The molecular weight excluding hydrogens is 246 g/mol. The molecule has 5 heteroatoms. The van der Waals surface area contributed by atoms with Crippen LogP contribution in [0, 0.1) is 13.8 Å². The van der Waals surface area contributed by atoms with Crippen LogP contribution < -0.4 is 10.5 Å². The molecule has 0 saturated heterocycles. The van der Waals surface area contributed by atoms with E-state index >= 15 is 0 Å². The van der Waals surface area contributed by atoms with Gasteiger partial charge < -0.3 is 10.5 Å². The van der Waals surface area contributed by atoms with Gasteiger partial charge in [-0.15, -0.1) is 0 Å². The fourth-order valence-corrected chi connectivity index (χ4v) is 2.51. The van der Waals surface area contributed by atoms with Crippen LogP contribution in [-0.4, -0.2) is 17.1 Å². The molecule has 1 heterocycles. The topological polar surface area (TPSA) is 61.0 Å². The molecule has 4 nitrogen and oxygen atoms in total. The SMILES string of the molecule is COc1cc(Sc2cc(C)ccc2C)nc(N)n1. The smallest absolute Gasteiger partial charge is 0.224 e. The van der Waals surface area contributed by atoms with Crippen LogP contribution in [0.4, 0.5) is 5.95 Å². The minimum Gasteiger partial charge on any atom is -0.481 e. The lowest BCUT2D eigenvalue weighted by Crippen LogP contribution is -1.98. The molecule has 2 rings (SSSR count). The number of methoxy groups -OCH3 is 1. The van der Waals surface area contributed by atoms with Gasteiger partial charge in [0, 0.05) is 11.0 Å². The lowest BCUT2D eigenvalue weighted by atomic mass is 10.2. The highest BCUT2D eigenvalue weighted by Crippen LogP contribution is 2.31. The maximum absolute atomic E-state index is 5.64. The number of aryl methyl sites for hydroxylation is 2. The van der Waals surface area contributed by atoms with Crippen LogP contribution in [0.25, 0.3) is 0 Å². The first kappa shape index (κ1) is 12.7. The summed E-state index contributed by atoms with van der Waals surface area (Å²) in [6.45, 7) is 4.14. The Morgan fingerprint density at radius 1 is 1.17 bits per heavy atom. The normalized spacial score (nSPS) is 10.4. The predicted molar refractivity (Wildman–Crippen MR) is 73.0 cm³/mol. The molecular formula is C13H15N3OS. The summed E-state index contributed by atoms with van der Waals surface area (Å²) in [7, 11) is 1.56. The number of hydrogen-bond donors (Lipinski definition) is 1. The summed E-state index contributed by atoms with van der Waals surface area (Å²) in [6, 6.07) is 8.10.